The van der Waals surface area contributed by atoms with Gasteiger partial charge < -0.3 is 19.5 Å². The molecule has 0 bridgehead atoms. The summed E-state index contributed by atoms with van der Waals surface area (Å²) in [5.41, 5.74) is -0.760. The Balaban J connectivity index is 1.14. The number of benzene rings is 2. The minimum atomic E-state index is -3.98. The van der Waals surface area contributed by atoms with Gasteiger partial charge in [-0.25, -0.2) is 17.8 Å². The summed E-state index contributed by atoms with van der Waals surface area (Å²) in [6.07, 6.45) is 8.18. The molecule has 2 aliphatic heterocycles. The fourth-order valence-electron chi connectivity index (χ4n) is 8.02. The van der Waals surface area contributed by atoms with Crippen LogP contribution in [0.15, 0.2) is 71.5 Å². The van der Waals surface area contributed by atoms with Crippen molar-refractivity contribution in [3.8, 4) is 5.88 Å². The van der Waals surface area contributed by atoms with Crippen LogP contribution < -0.4 is 14.8 Å². The van der Waals surface area contributed by atoms with E-state index in [-0.39, 0.29) is 55.1 Å². The standard InChI is InChI=1S/C40H42FN5O8S/c1-39(17-18-39)55(51,52)45-38(50)40-21-24(40)10-5-3-2-4-6-15-31(42-35(48)30-16-19-53-44-30)37(49)46-23-25(20-32(46)33(47)22-40)54-36-34-27(12-9-13-28(34)41)26-11-7-8-14-29(26)43-36/h5,7-14,16,19,24-25,31-32H,2-4,6,15,17-18,20-23H2,1H3,(H,42,48)(H,45,50)/b10-5-/t24-,25-,31+,32+,40-/m1/s1. The first-order valence-electron chi connectivity index (χ1n) is 18.8. The third-order valence-electron chi connectivity index (χ3n) is 11.8. The number of hydrogen-bond acceptors (Lipinski definition) is 10. The summed E-state index contributed by atoms with van der Waals surface area (Å²) in [6, 6.07) is 11.2. The van der Waals surface area contributed by atoms with Crippen molar-refractivity contribution in [1.29, 1.82) is 0 Å². The van der Waals surface area contributed by atoms with Gasteiger partial charge >= 0.3 is 0 Å². The minimum absolute atomic E-state index is 0.00640. The Morgan fingerprint density at radius 1 is 1.04 bits per heavy atom. The van der Waals surface area contributed by atoms with E-state index in [1.54, 1.807) is 25.1 Å². The van der Waals surface area contributed by atoms with Crippen LogP contribution in [0.1, 0.15) is 81.6 Å². The maximum Gasteiger partial charge on any atom is 0.274 e. The second-order valence-corrected chi connectivity index (χ2v) is 17.7. The predicted octanol–water partition coefficient (Wildman–Crippen LogP) is 5.15. The third-order valence-corrected chi connectivity index (χ3v) is 13.9. The number of para-hydroxylation sites is 1. The van der Waals surface area contributed by atoms with Gasteiger partial charge in [-0.3, -0.25) is 23.9 Å². The van der Waals surface area contributed by atoms with Crippen LogP contribution in [0.2, 0.25) is 0 Å². The Kier molecular flexibility index (Phi) is 9.46. The molecule has 1 saturated heterocycles. The number of halogens is 1. The van der Waals surface area contributed by atoms with E-state index >= 15 is 4.39 Å². The molecule has 8 rings (SSSR count). The van der Waals surface area contributed by atoms with E-state index in [2.05, 4.69) is 20.2 Å². The lowest BCUT2D eigenvalue weighted by molar-refractivity contribution is -0.140. The number of Topliss-reactive ketones (excluding diaryl/α,β-unsaturated/α-hetero) is 1. The summed E-state index contributed by atoms with van der Waals surface area (Å²) >= 11 is 0. The number of carbonyl (C=O) groups is 4. The molecule has 0 unspecified atom stereocenters. The Bertz CT molecular complexity index is 2330. The zero-order valence-electron chi connectivity index (χ0n) is 30.3. The Labute approximate surface area is 317 Å². The van der Waals surface area contributed by atoms with Gasteiger partial charge in [0.25, 0.3) is 5.91 Å². The molecule has 3 fully saturated rings. The van der Waals surface area contributed by atoms with Crippen LogP contribution in [0, 0.1) is 17.2 Å². The number of rotatable bonds is 7. The van der Waals surface area contributed by atoms with Crippen molar-refractivity contribution in [1.82, 2.24) is 25.1 Å². The number of aromatic nitrogens is 2. The maximum absolute atomic E-state index is 15.5. The lowest BCUT2D eigenvalue weighted by atomic mass is 9.91. The lowest BCUT2D eigenvalue weighted by Gasteiger charge is -2.29. The van der Waals surface area contributed by atoms with Crippen LogP contribution in [0.25, 0.3) is 21.7 Å². The van der Waals surface area contributed by atoms with E-state index in [0.717, 1.165) is 18.2 Å². The molecule has 2 aromatic carbocycles. The summed E-state index contributed by atoms with van der Waals surface area (Å²) in [5, 5.41) is 7.97. The second-order valence-electron chi connectivity index (χ2n) is 15.5. The molecule has 55 heavy (non-hydrogen) atoms. The predicted molar refractivity (Wildman–Crippen MR) is 199 cm³/mol. The second kappa shape index (κ2) is 14.2. The van der Waals surface area contributed by atoms with Crippen LogP contribution >= 0.6 is 0 Å². The highest BCUT2D eigenvalue weighted by molar-refractivity contribution is 7.91. The molecule has 2 aliphatic carbocycles. The van der Waals surface area contributed by atoms with Crippen LogP contribution in [0.4, 0.5) is 4.39 Å². The molecular formula is C40H42FN5O8S. The number of allylic oxidation sites excluding steroid dienone is 2. The van der Waals surface area contributed by atoms with Gasteiger partial charge in [0.1, 0.15) is 24.2 Å². The van der Waals surface area contributed by atoms with Crippen molar-refractivity contribution >= 4 is 55.2 Å². The number of ether oxygens (including phenoxy) is 1. The van der Waals surface area contributed by atoms with Crippen molar-refractivity contribution < 1.29 is 41.2 Å². The van der Waals surface area contributed by atoms with E-state index in [1.807, 2.05) is 30.4 Å². The summed E-state index contributed by atoms with van der Waals surface area (Å²) in [7, 11) is -3.98. The monoisotopic (exact) mass is 771 g/mol. The van der Waals surface area contributed by atoms with Gasteiger partial charge in [-0.2, -0.15) is 0 Å². The number of amides is 3. The molecule has 5 atom stereocenters. The van der Waals surface area contributed by atoms with Gasteiger partial charge in [-0.15, -0.1) is 0 Å². The molecule has 15 heteroatoms. The molecule has 288 valence electrons. The molecule has 0 spiro atoms. The lowest BCUT2D eigenvalue weighted by Crippen LogP contribution is -2.52. The number of sulfonamides is 1. The Morgan fingerprint density at radius 3 is 2.62 bits per heavy atom. The smallest absolute Gasteiger partial charge is 0.274 e. The Hall–Kier alpha value is -5.18. The van der Waals surface area contributed by atoms with Gasteiger partial charge in [-0.1, -0.05) is 60.5 Å². The van der Waals surface area contributed by atoms with E-state index in [0.29, 0.717) is 36.6 Å². The third kappa shape index (κ3) is 6.98. The largest absolute Gasteiger partial charge is 0.472 e. The highest BCUT2D eigenvalue weighted by Gasteiger charge is 2.62. The summed E-state index contributed by atoms with van der Waals surface area (Å²) in [4.78, 5) is 62.3. The zero-order chi connectivity index (χ0) is 38.5. The number of pyridine rings is 1. The van der Waals surface area contributed by atoms with Crippen LogP contribution in [-0.4, -0.2) is 76.4 Å². The molecule has 2 N–H and O–H groups in total. The van der Waals surface area contributed by atoms with Crippen molar-refractivity contribution in [2.45, 2.75) is 94.1 Å². The van der Waals surface area contributed by atoms with E-state index in [9.17, 15) is 27.6 Å². The number of ketones is 1. The number of carbonyl (C=O) groups excluding carboxylic acids is 4. The highest BCUT2D eigenvalue weighted by atomic mass is 32.2. The van der Waals surface area contributed by atoms with E-state index < -0.39 is 67.7 Å². The number of nitrogens with one attached hydrogen (secondary N) is 2. The van der Waals surface area contributed by atoms with Crippen molar-refractivity contribution in [3.05, 3.63) is 78.5 Å². The Morgan fingerprint density at radius 2 is 1.84 bits per heavy atom. The molecule has 2 saturated carbocycles. The molecule has 4 heterocycles. The number of fused-ring (bicyclic) bond motifs is 5. The van der Waals surface area contributed by atoms with Gasteiger partial charge in [0.15, 0.2) is 11.5 Å². The van der Waals surface area contributed by atoms with Crippen molar-refractivity contribution in [2.75, 3.05) is 6.54 Å². The van der Waals surface area contributed by atoms with Gasteiger partial charge in [-0.05, 0) is 68.9 Å². The van der Waals surface area contributed by atoms with Crippen LogP contribution in [-0.2, 0) is 24.4 Å². The normalized spacial score (nSPS) is 27.3. The van der Waals surface area contributed by atoms with Gasteiger partial charge in [0.2, 0.25) is 27.7 Å². The first-order chi connectivity index (χ1) is 26.4. The first kappa shape index (κ1) is 36.8. The number of hydrogen-bond donors (Lipinski definition) is 2. The SMILES string of the molecule is CC1(S(=O)(=O)NC(=O)[C@]23CC(=O)[C@@H]4C[C@@H](Oc5nc6ccccc6c6cccc(F)c56)CN4C(=O)[C@@H](NC(=O)c4ccon4)CCCCC/C=C\[C@@H]2C3)CC1. The molecule has 4 aromatic rings. The minimum Gasteiger partial charge on any atom is -0.472 e. The molecule has 3 amide bonds. The molecule has 0 radical (unpaired) electrons. The summed E-state index contributed by atoms with van der Waals surface area (Å²) in [6.45, 7) is 1.50. The molecule has 2 aromatic heterocycles. The molecule has 13 nitrogen and oxygen atoms in total. The fourth-order valence-corrected chi connectivity index (χ4v) is 9.36. The topological polar surface area (TPSA) is 178 Å². The molecular weight excluding hydrogens is 730 g/mol. The quantitative estimate of drug-likeness (QED) is 0.189. The molecule has 4 aliphatic rings. The summed E-state index contributed by atoms with van der Waals surface area (Å²) < 4.78 is 54.4. The van der Waals surface area contributed by atoms with Crippen molar-refractivity contribution in [2.24, 2.45) is 11.3 Å². The fraction of sp³-hybridized carbons (Fsp3) is 0.450. The van der Waals surface area contributed by atoms with Crippen LogP contribution in [0.3, 0.4) is 0 Å². The average molecular weight is 772 g/mol. The number of nitrogens with zero attached hydrogens (tertiary/aromatic N) is 3. The zero-order valence-corrected chi connectivity index (χ0v) is 31.1. The highest BCUT2D eigenvalue weighted by Crippen LogP contribution is 2.57. The van der Waals surface area contributed by atoms with Crippen molar-refractivity contribution in [3.63, 3.8) is 0 Å². The van der Waals surface area contributed by atoms with Gasteiger partial charge in [0.05, 0.1) is 33.7 Å². The summed E-state index contributed by atoms with van der Waals surface area (Å²) in [5.74, 6) is -3.21. The van der Waals surface area contributed by atoms with E-state index in [1.165, 1.54) is 23.3 Å². The van der Waals surface area contributed by atoms with E-state index in [4.69, 9.17) is 9.26 Å². The van der Waals surface area contributed by atoms with Crippen LogP contribution in [0.5, 0.6) is 5.88 Å². The first-order valence-corrected chi connectivity index (χ1v) is 20.3. The average Bonchev–Trinajstić information content (AvgIpc) is 3.91. The maximum atomic E-state index is 15.5. The van der Waals surface area contributed by atoms with Gasteiger partial charge in [0, 0.05) is 24.3 Å².